The summed E-state index contributed by atoms with van der Waals surface area (Å²) in [7, 11) is 1.71. The van der Waals surface area contributed by atoms with Gasteiger partial charge in [0.15, 0.2) is 0 Å². The molecule has 3 aromatic carbocycles. The number of ether oxygens (including phenoxy) is 1. The van der Waals surface area contributed by atoms with E-state index in [4.69, 9.17) is 4.74 Å². The van der Waals surface area contributed by atoms with E-state index in [0.29, 0.717) is 0 Å². The molecule has 1 unspecified atom stereocenters. The normalized spacial score (nSPS) is 12.3. The van der Waals surface area contributed by atoms with Crippen LogP contribution in [0.2, 0.25) is 0 Å². The lowest BCUT2D eigenvalue weighted by molar-refractivity contribution is 0.410. The van der Waals surface area contributed by atoms with Crippen LogP contribution in [0.1, 0.15) is 16.0 Å². The summed E-state index contributed by atoms with van der Waals surface area (Å²) in [6.45, 7) is 0. The highest BCUT2D eigenvalue weighted by Crippen LogP contribution is 2.39. The van der Waals surface area contributed by atoms with Gasteiger partial charge in [-0.2, -0.15) is 0 Å². The van der Waals surface area contributed by atoms with Crippen LogP contribution < -0.4 is 4.74 Å². The molecule has 100 valence electrons. The van der Waals surface area contributed by atoms with Crippen LogP contribution in [-0.2, 0) is 0 Å². The first-order chi connectivity index (χ1) is 9.81. The molecule has 0 fully saturated rings. The zero-order valence-corrected chi connectivity index (χ0v) is 12.8. The van der Waals surface area contributed by atoms with E-state index in [1.165, 1.54) is 16.3 Å². The number of rotatable bonds is 3. The summed E-state index contributed by atoms with van der Waals surface area (Å²) in [5, 5.41) is 2.52. The molecule has 0 N–H and O–H groups in total. The Morgan fingerprint density at radius 1 is 0.800 bits per heavy atom. The van der Waals surface area contributed by atoms with Gasteiger partial charge in [0.05, 0.1) is 11.9 Å². The Labute approximate surface area is 127 Å². The van der Waals surface area contributed by atoms with Gasteiger partial charge in [-0.3, -0.25) is 0 Å². The average Bonchev–Trinajstić information content (AvgIpc) is 2.53. The molecule has 0 heterocycles. The van der Waals surface area contributed by atoms with Crippen LogP contribution in [0.4, 0.5) is 0 Å². The van der Waals surface area contributed by atoms with Crippen molar-refractivity contribution < 1.29 is 4.74 Å². The number of para-hydroxylation sites is 1. The predicted octanol–water partition coefficient (Wildman–Crippen LogP) is 5.33. The van der Waals surface area contributed by atoms with Crippen molar-refractivity contribution in [3.63, 3.8) is 0 Å². The number of methoxy groups -OCH3 is 1. The maximum Gasteiger partial charge on any atom is 0.123 e. The first-order valence-corrected chi connectivity index (χ1v) is 7.47. The molecule has 0 aromatic heterocycles. The second kappa shape index (κ2) is 5.68. The van der Waals surface area contributed by atoms with Crippen molar-refractivity contribution in [3.05, 3.63) is 77.9 Å². The third kappa shape index (κ3) is 2.32. The molecule has 0 amide bonds. The highest BCUT2D eigenvalue weighted by atomic mass is 79.9. The summed E-state index contributed by atoms with van der Waals surface area (Å²) in [5.74, 6) is 0.905. The van der Waals surface area contributed by atoms with Crippen LogP contribution in [0.5, 0.6) is 5.75 Å². The average molecular weight is 327 g/mol. The lowest BCUT2D eigenvalue weighted by Gasteiger charge is -2.16. The molecule has 0 radical (unpaired) electrons. The third-order valence-corrected chi connectivity index (χ3v) is 4.49. The summed E-state index contributed by atoms with van der Waals surface area (Å²) in [5.41, 5.74) is 2.40. The number of halogens is 1. The summed E-state index contributed by atoms with van der Waals surface area (Å²) >= 11 is 3.83. The lowest BCUT2D eigenvalue weighted by atomic mass is 9.98. The summed E-state index contributed by atoms with van der Waals surface area (Å²) < 4.78 is 5.47. The van der Waals surface area contributed by atoms with E-state index in [0.717, 1.165) is 11.3 Å². The van der Waals surface area contributed by atoms with Gasteiger partial charge in [-0.05, 0) is 22.4 Å². The van der Waals surface area contributed by atoms with E-state index in [-0.39, 0.29) is 4.83 Å². The highest BCUT2D eigenvalue weighted by Gasteiger charge is 2.16. The van der Waals surface area contributed by atoms with Crippen molar-refractivity contribution in [1.29, 1.82) is 0 Å². The molecule has 3 aromatic rings. The minimum Gasteiger partial charge on any atom is -0.496 e. The molecule has 0 bridgehead atoms. The lowest BCUT2D eigenvalue weighted by Crippen LogP contribution is -1.97. The van der Waals surface area contributed by atoms with Gasteiger partial charge in [-0.15, -0.1) is 0 Å². The molecule has 20 heavy (non-hydrogen) atoms. The SMILES string of the molecule is COc1ccccc1C(Br)c1cccc2ccccc12. The Balaban J connectivity index is 2.15. The molecular formula is C18H15BrO. The summed E-state index contributed by atoms with van der Waals surface area (Å²) in [4.78, 5) is 0.116. The summed E-state index contributed by atoms with van der Waals surface area (Å²) in [6, 6.07) is 23.0. The number of benzene rings is 3. The van der Waals surface area contributed by atoms with Gasteiger partial charge < -0.3 is 4.74 Å². The predicted molar refractivity (Wildman–Crippen MR) is 87.7 cm³/mol. The van der Waals surface area contributed by atoms with E-state index in [1.807, 2.05) is 18.2 Å². The van der Waals surface area contributed by atoms with Gasteiger partial charge in [-0.25, -0.2) is 0 Å². The Morgan fingerprint density at radius 2 is 1.45 bits per heavy atom. The fourth-order valence-electron chi connectivity index (χ4n) is 2.51. The topological polar surface area (TPSA) is 9.23 Å². The zero-order chi connectivity index (χ0) is 13.9. The maximum atomic E-state index is 5.47. The van der Waals surface area contributed by atoms with Crippen LogP contribution >= 0.6 is 15.9 Å². The number of alkyl halides is 1. The molecule has 3 rings (SSSR count). The first-order valence-electron chi connectivity index (χ1n) is 6.56. The number of fused-ring (bicyclic) bond motifs is 1. The van der Waals surface area contributed by atoms with Crippen molar-refractivity contribution in [2.24, 2.45) is 0 Å². The van der Waals surface area contributed by atoms with Crippen LogP contribution in [0.3, 0.4) is 0 Å². The zero-order valence-electron chi connectivity index (χ0n) is 11.2. The van der Waals surface area contributed by atoms with Gasteiger partial charge in [0.2, 0.25) is 0 Å². The van der Waals surface area contributed by atoms with Gasteiger partial charge in [0.25, 0.3) is 0 Å². The molecule has 0 spiro atoms. The fourth-order valence-corrected chi connectivity index (χ4v) is 3.29. The van der Waals surface area contributed by atoms with E-state index < -0.39 is 0 Å². The Morgan fingerprint density at radius 3 is 2.30 bits per heavy atom. The van der Waals surface area contributed by atoms with E-state index >= 15 is 0 Å². The Bertz CT molecular complexity index is 731. The monoisotopic (exact) mass is 326 g/mol. The molecule has 0 aliphatic rings. The van der Waals surface area contributed by atoms with Crippen LogP contribution in [0.15, 0.2) is 66.7 Å². The van der Waals surface area contributed by atoms with Crippen LogP contribution in [0.25, 0.3) is 10.8 Å². The highest BCUT2D eigenvalue weighted by molar-refractivity contribution is 9.09. The molecule has 0 saturated carbocycles. The van der Waals surface area contributed by atoms with Gasteiger partial charge in [0, 0.05) is 5.56 Å². The summed E-state index contributed by atoms with van der Waals surface area (Å²) in [6.07, 6.45) is 0. The smallest absolute Gasteiger partial charge is 0.123 e. The Kier molecular flexibility index (Phi) is 3.75. The van der Waals surface area contributed by atoms with Gasteiger partial charge >= 0.3 is 0 Å². The molecule has 0 aliphatic heterocycles. The van der Waals surface area contributed by atoms with E-state index in [9.17, 15) is 0 Å². The first kappa shape index (κ1) is 13.2. The number of hydrogen-bond donors (Lipinski definition) is 0. The third-order valence-electron chi connectivity index (χ3n) is 3.51. The molecular weight excluding hydrogens is 312 g/mol. The standard InChI is InChI=1S/C18H15BrO/c1-20-17-12-5-4-10-16(17)18(19)15-11-6-8-13-7-2-3-9-14(13)15/h2-12,18H,1H3. The van der Waals surface area contributed by atoms with Crippen LogP contribution in [0, 0.1) is 0 Å². The van der Waals surface area contributed by atoms with E-state index in [2.05, 4.69) is 64.5 Å². The maximum absolute atomic E-state index is 5.47. The van der Waals surface area contributed by atoms with Gasteiger partial charge in [-0.1, -0.05) is 76.6 Å². The minimum absolute atomic E-state index is 0.116. The van der Waals surface area contributed by atoms with Gasteiger partial charge in [0.1, 0.15) is 5.75 Å². The van der Waals surface area contributed by atoms with Crippen molar-refractivity contribution in [3.8, 4) is 5.75 Å². The van der Waals surface area contributed by atoms with E-state index in [1.54, 1.807) is 7.11 Å². The van der Waals surface area contributed by atoms with Crippen molar-refractivity contribution in [2.45, 2.75) is 4.83 Å². The number of hydrogen-bond acceptors (Lipinski definition) is 1. The molecule has 1 nitrogen and oxygen atoms in total. The van der Waals surface area contributed by atoms with Crippen molar-refractivity contribution in [2.75, 3.05) is 7.11 Å². The van der Waals surface area contributed by atoms with Crippen molar-refractivity contribution >= 4 is 26.7 Å². The Hall–Kier alpha value is -1.80. The molecule has 2 heteroatoms. The largest absolute Gasteiger partial charge is 0.496 e. The second-order valence-corrected chi connectivity index (χ2v) is 5.59. The molecule has 1 atom stereocenters. The van der Waals surface area contributed by atoms with Crippen molar-refractivity contribution in [1.82, 2.24) is 0 Å². The van der Waals surface area contributed by atoms with Crippen LogP contribution in [-0.4, -0.2) is 7.11 Å². The second-order valence-electron chi connectivity index (χ2n) is 4.67. The molecule has 0 saturated heterocycles. The minimum atomic E-state index is 0.116. The quantitative estimate of drug-likeness (QED) is 0.591. The fraction of sp³-hybridized carbons (Fsp3) is 0.111. The molecule has 0 aliphatic carbocycles.